The molecule has 0 radical (unpaired) electrons. The second-order valence-electron chi connectivity index (χ2n) is 3.26. The fourth-order valence-corrected chi connectivity index (χ4v) is 1.62. The van der Waals surface area contributed by atoms with Crippen LogP contribution in [0.4, 0.5) is 5.69 Å². The highest BCUT2D eigenvalue weighted by atomic mass is 79.9. The Hall–Kier alpha value is -1.53. The summed E-state index contributed by atoms with van der Waals surface area (Å²) in [5.74, 6) is -0.328. The van der Waals surface area contributed by atoms with Gasteiger partial charge in [0.15, 0.2) is 5.71 Å². The van der Waals surface area contributed by atoms with E-state index in [9.17, 15) is 4.79 Å². The van der Waals surface area contributed by atoms with Gasteiger partial charge in [-0.3, -0.25) is 21.1 Å². The first-order valence-corrected chi connectivity index (χ1v) is 5.79. The highest BCUT2D eigenvalue weighted by molar-refractivity contribution is 9.10. The van der Waals surface area contributed by atoms with Crippen molar-refractivity contribution < 1.29 is 4.79 Å². The lowest BCUT2D eigenvalue weighted by Crippen LogP contribution is -2.25. The number of hydrazine groups is 1. The zero-order chi connectivity index (χ0) is 12.4. The number of hydrazone groups is 1. The molecule has 0 aromatic heterocycles. The molecule has 1 fully saturated rings. The minimum absolute atomic E-state index is 0.212. The Morgan fingerprint density at radius 2 is 2.18 bits per heavy atom. The number of carbonyl (C=O) groups is 1. The van der Waals surface area contributed by atoms with E-state index in [0.717, 1.165) is 4.47 Å². The molecule has 1 aromatic carbocycles. The lowest BCUT2D eigenvalue weighted by Gasteiger charge is -2.02. The molecular weight excluding hydrogens is 307 g/mol. The topological polar surface area (TPSA) is 65.5 Å². The van der Waals surface area contributed by atoms with E-state index in [1.807, 2.05) is 0 Å². The van der Waals surface area contributed by atoms with E-state index < -0.39 is 0 Å². The van der Waals surface area contributed by atoms with E-state index in [4.69, 9.17) is 11.6 Å². The lowest BCUT2D eigenvalue weighted by molar-refractivity contribution is -0.114. The first kappa shape index (κ1) is 11.9. The van der Waals surface area contributed by atoms with Crippen molar-refractivity contribution in [2.24, 2.45) is 5.10 Å². The Kier molecular flexibility index (Phi) is 3.35. The molecule has 0 unspecified atom stereocenters. The number of rotatable bonds is 2. The van der Waals surface area contributed by atoms with Crippen LogP contribution in [0.3, 0.4) is 0 Å². The molecule has 1 saturated heterocycles. The van der Waals surface area contributed by atoms with Gasteiger partial charge >= 0.3 is 0 Å². The van der Waals surface area contributed by atoms with Crippen LogP contribution in [0.5, 0.6) is 0 Å². The first-order chi connectivity index (χ1) is 8.08. The van der Waals surface area contributed by atoms with E-state index in [1.54, 1.807) is 18.2 Å². The second-order valence-corrected chi connectivity index (χ2v) is 4.52. The molecule has 1 aliphatic rings. The van der Waals surface area contributed by atoms with Crippen LogP contribution >= 0.6 is 27.5 Å². The molecule has 0 bridgehead atoms. The summed E-state index contributed by atoms with van der Waals surface area (Å²) >= 11 is 9.20. The molecule has 1 heterocycles. The SMILES string of the molecule is C=C1NNC(=O)/C1=N/Nc1ccc(Br)c(Cl)c1. The normalized spacial score (nSPS) is 16.9. The van der Waals surface area contributed by atoms with Gasteiger partial charge in [-0.2, -0.15) is 5.10 Å². The molecule has 1 aliphatic heterocycles. The average molecular weight is 316 g/mol. The number of benzene rings is 1. The molecule has 7 heteroatoms. The van der Waals surface area contributed by atoms with Crippen LogP contribution in [-0.2, 0) is 4.79 Å². The van der Waals surface area contributed by atoms with Crippen molar-refractivity contribution in [1.82, 2.24) is 10.9 Å². The third-order valence-electron chi connectivity index (χ3n) is 2.04. The summed E-state index contributed by atoms with van der Waals surface area (Å²) in [4.78, 5) is 11.3. The minimum atomic E-state index is -0.328. The van der Waals surface area contributed by atoms with Crippen LogP contribution in [0.2, 0.25) is 5.02 Å². The smallest absolute Gasteiger partial charge is 0.292 e. The highest BCUT2D eigenvalue weighted by Gasteiger charge is 2.22. The quantitative estimate of drug-likeness (QED) is 0.732. The summed E-state index contributed by atoms with van der Waals surface area (Å²) in [7, 11) is 0. The summed E-state index contributed by atoms with van der Waals surface area (Å²) in [6, 6.07) is 5.26. The number of carbonyl (C=O) groups excluding carboxylic acids is 1. The van der Waals surface area contributed by atoms with Gasteiger partial charge in [0.1, 0.15) is 0 Å². The predicted octanol–water partition coefficient (Wildman–Crippen LogP) is 2.02. The molecule has 3 N–H and O–H groups in total. The Morgan fingerprint density at radius 3 is 2.76 bits per heavy atom. The van der Waals surface area contributed by atoms with Crippen molar-refractivity contribution in [2.45, 2.75) is 0 Å². The van der Waals surface area contributed by atoms with Crippen molar-refractivity contribution in [1.29, 1.82) is 0 Å². The van der Waals surface area contributed by atoms with E-state index >= 15 is 0 Å². The fourth-order valence-electron chi connectivity index (χ4n) is 1.19. The van der Waals surface area contributed by atoms with Gasteiger partial charge in [-0.05, 0) is 34.1 Å². The molecule has 2 rings (SSSR count). The zero-order valence-electron chi connectivity index (χ0n) is 8.55. The minimum Gasteiger partial charge on any atom is -0.296 e. The number of nitrogens with zero attached hydrogens (tertiary/aromatic N) is 1. The summed E-state index contributed by atoms with van der Waals surface area (Å²) in [5.41, 5.74) is 9.01. The van der Waals surface area contributed by atoms with Gasteiger partial charge in [0, 0.05) is 4.47 Å². The van der Waals surface area contributed by atoms with E-state index in [-0.39, 0.29) is 11.6 Å². The number of hydrogen-bond donors (Lipinski definition) is 3. The number of halogens is 2. The molecule has 5 nitrogen and oxygen atoms in total. The van der Waals surface area contributed by atoms with E-state index in [0.29, 0.717) is 16.4 Å². The summed E-state index contributed by atoms with van der Waals surface area (Å²) in [6.45, 7) is 3.63. The van der Waals surface area contributed by atoms with Crippen molar-refractivity contribution >= 4 is 44.8 Å². The Morgan fingerprint density at radius 1 is 1.41 bits per heavy atom. The molecular formula is C10H8BrClN4O. The maximum absolute atomic E-state index is 11.3. The monoisotopic (exact) mass is 314 g/mol. The largest absolute Gasteiger partial charge is 0.296 e. The summed E-state index contributed by atoms with van der Waals surface area (Å²) < 4.78 is 0.794. The van der Waals surface area contributed by atoms with Crippen LogP contribution in [0.25, 0.3) is 0 Å². The maximum Gasteiger partial charge on any atom is 0.292 e. The predicted molar refractivity (Wildman–Crippen MR) is 70.6 cm³/mol. The molecule has 0 aliphatic carbocycles. The van der Waals surface area contributed by atoms with Crippen molar-refractivity contribution in [3.8, 4) is 0 Å². The maximum atomic E-state index is 11.3. The van der Waals surface area contributed by atoms with E-state index in [2.05, 4.69) is 43.9 Å². The summed E-state index contributed by atoms with van der Waals surface area (Å²) in [5, 5.41) is 4.50. The fraction of sp³-hybridized carbons (Fsp3) is 0. The average Bonchev–Trinajstić information content (AvgIpc) is 2.61. The molecule has 0 atom stereocenters. The van der Waals surface area contributed by atoms with Gasteiger partial charge in [-0.25, -0.2) is 0 Å². The first-order valence-electron chi connectivity index (χ1n) is 4.62. The van der Waals surface area contributed by atoms with Gasteiger partial charge in [0.05, 0.1) is 16.4 Å². The van der Waals surface area contributed by atoms with Crippen molar-refractivity contribution in [3.05, 3.63) is 40.0 Å². The summed E-state index contributed by atoms with van der Waals surface area (Å²) in [6.07, 6.45) is 0. The standard InChI is InChI=1S/C10H8BrClN4O/c1-5-9(10(17)16-13-5)15-14-6-2-3-7(11)8(12)4-6/h2-4,13-14H,1H2,(H,16,17)/b15-9+. The molecule has 0 saturated carbocycles. The van der Waals surface area contributed by atoms with E-state index in [1.165, 1.54) is 0 Å². The van der Waals surface area contributed by atoms with Crippen molar-refractivity contribution in [3.63, 3.8) is 0 Å². The second kappa shape index (κ2) is 4.77. The number of nitrogens with one attached hydrogen (secondary N) is 3. The molecule has 1 amide bonds. The number of hydrogen-bond acceptors (Lipinski definition) is 4. The Bertz CT molecular complexity index is 511. The Labute approximate surface area is 111 Å². The van der Waals surface area contributed by atoms with Gasteiger partial charge in [-0.15, -0.1) is 0 Å². The zero-order valence-corrected chi connectivity index (χ0v) is 10.9. The van der Waals surface area contributed by atoms with Crippen LogP contribution in [0, 0.1) is 0 Å². The van der Waals surface area contributed by atoms with Crippen LogP contribution in [0.15, 0.2) is 40.0 Å². The van der Waals surface area contributed by atoms with Gasteiger partial charge in [0.25, 0.3) is 5.91 Å². The van der Waals surface area contributed by atoms with Crippen LogP contribution in [0.1, 0.15) is 0 Å². The Balaban J connectivity index is 2.16. The molecule has 0 spiro atoms. The van der Waals surface area contributed by atoms with Crippen LogP contribution in [-0.4, -0.2) is 11.6 Å². The van der Waals surface area contributed by atoms with Gasteiger partial charge < -0.3 is 0 Å². The third-order valence-corrected chi connectivity index (χ3v) is 3.28. The molecule has 1 aromatic rings. The highest BCUT2D eigenvalue weighted by Crippen LogP contribution is 2.25. The lowest BCUT2D eigenvalue weighted by atomic mass is 10.3. The third kappa shape index (κ3) is 2.59. The van der Waals surface area contributed by atoms with Gasteiger partial charge in [0.2, 0.25) is 0 Å². The molecule has 88 valence electrons. The van der Waals surface area contributed by atoms with Crippen molar-refractivity contribution in [2.75, 3.05) is 5.43 Å². The number of anilines is 1. The number of amides is 1. The molecule has 17 heavy (non-hydrogen) atoms. The van der Waals surface area contributed by atoms with Gasteiger partial charge in [-0.1, -0.05) is 18.2 Å². The van der Waals surface area contributed by atoms with Crippen LogP contribution < -0.4 is 16.3 Å².